The summed E-state index contributed by atoms with van der Waals surface area (Å²) >= 11 is 0. The van der Waals surface area contributed by atoms with E-state index in [1.54, 1.807) is 0 Å². The molecular formula is C16H20N2O5. The third-order valence-electron chi connectivity index (χ3n) is 3.30. The number of hydrogen-bond donors (Lipinski definition) is 1. The number of ether oxygens (including phenoxy) is 2. The SMILES string of the molecule is COc1cc2oc(C(=O)NCCN(C)C)cc(=O)c2cc1OC. The molecule has 1 N–H and O–H groups in total. The number of carbonyl (C=O) groups is 1. The van der Waals surface area contributed by atoms with Crippen molar-refractivity contribution in [2.24, 2.45) is 0 Å². The molecule has 0 saturated carbocycles. The molecule has 23 heavy (non-hydrogen) atoms. The Bertz CT molecular complexity index is 767. The van der Waals surface area contributed by atoms with Gasteiger partial charge in [0.15, 0.2) is 22.7 Å². The first-order chi connectivity index (χ1) is 11.0. The monoisotopic (exact) mass is 320 g/mol. The number of hydrogen-bond acceptors (Lipinski definition) is 6. The van der Waals surface area contributed by atoms with Gasteiger partial charge >= 0.3 is 0 Å². The average Bonchev–Trinajstić information content (AvgIpc) is 2.53. The van der Waals surface area contributed by atoms with Crippen molar-refractivity contribution in [2.45, 2.75) is 0 Å². The van der Waals surface area contributed by atoms with Gasteiger partial charge in [-0.1, -0.05) is 0 Å². The van der Waals surface area contributed by atoms with Crippen LogP contribution in [0.2, 0.25) is 0 Å². The molecule has 1 aromatic heterocycles. The van der Waals surface area contributed by atoms with Gasteiger partial charge in [0, 0.05) is 25.2 Å². The largest absolute Gasteiger partial charge is 0.493 e. The van der Waals surface area contributed by atoms with E-state index in [1.165, 1.54) is 32.4 Å². The van der Waals surface area contributed by atoms with E-state index >= 15 is 0 Å². The van der Waals surface area contributed by atoms with E-state index in [-0.39, 0.29) is 16.8 Å². The minimum absolute atomic E-state index is 0.0338. The quantitative estimate of drug-likeness (QED) is 0.858. The highest BCUT2D eigenvalue weighted by Crippen LogP contribution is 2.31. The second kappa shape index (κ2) is 7.15. The molecule has 0 spiro atoms. The highest BCUT2D eigenvalue weighted by molar-refractivity contribution is 5.93. The summed E-state index contributed by atoms with van der Waals surface area (Å²) in [7, 11) is 6.78. The maximum atomic E-state index is 12.2. The molecule has 0 atom stereocenters. The van der Waals surface area contributed by atoms with Gasteiger partial charge in [0.25, 0.3) is 5.91 Å². The lowest BCUT2D eigenvalue weighted by Gasteiger charge is -2.11. The summed E-state index contributed by atoms with van der Waals surface area (Å²) in [6.07, 6.45) is 0. The van der Waals surface area contributed by atoms with Crippen molar-refractivity contribution in [2.75, 3.05) is 41.4 Å². The first-order valence-electron chi connectivity index (χ1n) is 7.09. The molecule has 1 amide bonds. The van der Waals surface area contributed by atoms with Gasteiger partial charge < -0.3 is 24.1 Å². The molecule has 0 aliphatic rings. The second-order valence-corrected chi connectivity index (χ2v) is 5.24. The maximum Gasteiger partial charge on any atom is 0.287 e. The van der Waals surface area contributed by atoms with Crippen molar-refractivity contribution >= 4 is 16.9 Å². The summed E-state index contributed by atoms with van der Waals surface area (Å²) in [6, 6.07) is 4.25. The van der Waals surface area contributed by atoms with Crippen LogP contribution in [0.25, 0.3) is 11.0 Å². The summed E-state index contributed by atoms with van der Waals surface area (Å²) in [5.74, 6) is 0.387. The van der Waals surface area contributed by atoms with Crippen molar-refractivity contribution in [1.29, 1.82) is 0 Å². The standard InChI is InChI=1S/C16H20N2O5/c1-18(2)6-5-17-16(20)15-8-11(19)10-7-13(21-3)14(22-4)9-12(10)23-15/h7-9H,5-6H2,1-4H3,(H,17,20). The van der Waals surface area contributed by atoms with Crippen molar-refractivity contribution in [3.05, 3.63) is 34.2 Å². The molecule has 0 bridgehead atoms. The zero-order chi connectivity index (χ0) is 17.0. The van der Waals surface area contributed by atoms with E-state index in [2.05, 4.69) is 5.32 Å². The second-order valence-electron chi connectivity index (χ2n) is 5.24. The Morgan fingerprint density at radius 2 is 1.83 bits per heavy atom. The number of nitrogens with zero attached hydrogens (tertiary/aromatic N) is 1. The Morgan fingerprint density at radius 3 is 2.43 bits per heavy atom. The number of nitrogens with one attached hydrogen (secondary N) is 1. The summed E-state index contributed by atoms with van der Waals surface area (Å²) in [5.41, 5.74) is -0.0436. The van der Waals surface area contributed by atoms with E-state index < -0.39 is 5.91 Å². The fourth-order valence-electron chi connectivity index (χ4n) is 2.07. The Hall–Kier alpha value is -2.54. The van der Waals surface area contributed by atoms with E-state index in [0.717, 1.165) is 0 Å². The molecule has 7 nitrogen and oxygen atoms in total. The van der Waals surface area contributed by atoms with Gasteiger partial charge in [0.1, 0.15) is 5.58 Å². The van der Waals surface area contributed by atoms with Crippen molar-refractivity contribution in [3.63, 3.8) is 0 Å². The van der Waals surface area contributed by atoms with E-state index in [1.807, 2.05) is 19.0 Å². The normalized spacial score (nSPS) is 10.8. The molecule has 124 valence electrons. The Morgan fingerprint density at radius 1 is 1.17 bits per heavy atom. The molecule has 0 fully saturated rings. The lowest BCUT2D eigenvalue weighted by Crippen LogP contribution is -2.31. The summed E-state index contributed by atoms with van der Waals surface area (Å²) < 4.78 is 15.9. The number of fused-ring (bicyclic) bond motifs is 1. The molecule has 0 radical (unpaired) electrons. The van der Waals surface area contributed by atoms with Crippen LogP contribution < -0.4 is 20.2 Å². The molecule has 0 saturated heterocycles. The maximum absolute atomic E-state index is 12.2. The Labute approximate surface area is 133 Å². The van der Waals surface area contributed by atoms with Gasteiger partial charge in [-0.25, -0.2) is 0 Å². The number of benzene rings is 1. The molecule has 7 heteroatoms. The zero-order valence-corrected chi connectivity index (χ0v) is 13.6. The van der Waals surface area contributed by atoms with Crippen LogP contribution in [-0.4, -0.2) is 52.2 Å². The topological polar surface area (TPSA) is 81.0 Å². The smallest absolute Gasteiger partial charge is 0.287 e. The van der Waals surface area contributed by atoms with Crippen molar-refractivity contribution in [3.8, 4) is 11.5 Å². The predicted octanol–water partition coefficient (Wildman–Crippen LogP) is 1.10. The van der Waals surface area contributed by atoms with E-state index in [0.29, 0.717) is 30.0 Å². The number of rotatable bonds is 6. The molecular weight excluding hydrogens is 300 g/mol. The van der Waals surface area contributed by atoms with Gasteiger partial charge in [-0.05, 0) is 20.2 Å². The first-order valence-corrected chi connectivity index (χ1v) is 7.09. The average molecular weight is 320 g/mol. The van der Waals surface area contributed by atoms with E-state index in [9.17, 15) is 9.59 Å². The highest BCUT2D eigenvalue weighted by Gasteiger charge is 2.15. The minimum Gasteiger partial charge on any atom is -0.493 e. The Balaban J connectivity index is 2.36. The van der Waals surface area contributed by atoms with Crippen LogP contribution in [0.15, 0.2) is 27.4 Å². The molecule has 0 aliphatic heterocycles. The lowest BCUT2D eigenvalue weighted by molar-refractivity contribution is 0.0924. The molecule has 0 aliphatic carbocycles. The Kier molecular flexibility index (Phi) is 5.23. The van der Waals surface area contributed by atoms with Crippen LogP contribution in [0.5, 0.6) is 11.5 Å². The number of likely N-dealkylation sites (N-methyl/N-ethyl adjacent to an activating group) is 1. The highest BCUT2D eigenvalue weighted by atomic mass is 16.5. The van der Waals surface area contributed by atoms with Crippen molar-refractivity contribution in [1.82, 2.24) is 10.2 Å². The fraction of sp³-hybridized carbons (Fsp3) is 0.375. The minimum atomic E-state index is -0.430. The fourth-order valence-corrected chi connectivity index (χ4v) is 2.07. The van der Waals surface area contributed by atoms with E-state index in [4.69, 9.17) is 13.9 Å². The van der Waals surface area contributed by atoms with Crippen LogP contribution in [0.3, 0.4) is 0 Å². The molecule has 2 aromatic rings. The van der Waals surface area contributed by atoms with Crippen LogP contribution in [0.4, 0.5) is 0 Å². The lowest BCUT2D eigenvalue weighted by atomic mass is 10.2. The van der Waals surface area contributed by atoms with Gasteiger partial charge in [0.05, 0.1) is 19.6 Å². The van der Waals surface area contributed by atoms with Crippen LogP contribution in [0.1, 0.15) is 10.6 Å². The van der Waals surface area contributed by atoms with Gasteiger partial charge in [-0.3, -0.25) is 9.59 Å². The van der Waals surface area contributed by atoms with Gasteiger partial charge in [-0.2, -0.15) is 0 Å². The van der Waals surface area contributed by atoms with Crippen LogP contribution >= 0.6 is 0 Å². The third kappa shape index (κ3) is 3.81. The summed E-state index contributed by atoms with van der Waals surface area (Å²) in [6.45, 7) is 1.15. The number of carbonyl (C=O) groups excluding carboxylic acids is 1. The molecule has 1 aromatic carbocycles. The van der Waals surface area contributed by atoms with Crippen LogP contribution in [-0.2, 0) is 0 Å². The van der Waals surface area contributed by atoms with Crippen LogP contribution in [0, 0.1) is 0 Å². The third-order valence-corrected chi connectivity index (χ3v) is 3.30. The molecule has 0 unspecified atom stereocenters. The predicted molar refractivity (Wildman–Crippen MR) is 86.5 cm³/mol. The number of methoxy groups -OCH3 is 2. The summed E-state index contributed by atoms with van der Waals surface area (Å²) in [5, 5.41) is 3.03. The molecule has 2 rings (SSSR count). The zero-order valence-electron chi connectivity index (χ0n) is 13.6. The summed E-state index contributed by atoms with van der Waals surface area (Å²) in [4.78, 5) is 26.2. The van der Waals surface area contributed by atoms with Gasteiger partial charge in [-0.15, -0.1) is 0 Å². The molecule has 1 heterocycles. The first kappa shape index (κ1) is 16.8. The van der Waals surface area contributed by atoms with Crippen molar-refractivity contribution < 1.29 is 18.7 Å². The number of amides is 1. The van der Waals surface area contributed by atoms with Gasteiger partial charge in [0.2, 0.25) is 0 Å².